The summed E-state index contributed by atoms with van der Waals surface area (Å²) >= 11 is 0. The molecule has 1 fully saturated rings. The van der Waals surface area contributed by atoms with Gasteiger partial charge in [0.05, 0.1) is 0 Å². The maximum atomic E-state index is 4.50. The number of aryl methyl sites for hydroxylation is 2. The minimum absolute atomic E-state index is 0.973. The summed E-state index contributed by atoms with van der Waals surface area (Å²) < 4.78 is 0. The van der Waals surface area contributed by atoms with Crippen LogP contribution in [0.15, 0.2) is 18.2 Å². The Morgan fingerprint density at radius 3 is 2.44 bits per heavy atom. The van der Waals surface area contributed by atoms with Gasteiger partial charge in [0.2, 0.25) is 0 Å². The second kappa shape index (κ2) is 6.24. The normalized spacial score (nSPS) is 17.5. The Hall–Kier alpha value is -1.02. The van der Waals surface area contributed by atoms with Crippen LogP contribution in [0.1, 0.15) is 36.8 Å². The van der Waals surface area contributed by atoms with Crippen LogP contribution in [0.25, 0.3) is 0 Å². The van der Waals surface area contributed by atoms with Gasteiger partial charge in [0.1, 0.15) is 0 Å². The van der Waals surface area contributed by atoms with E-state index in [4.69, 9.17) is 0 Å². The number of hydrogen-bond donors (Lipinski definition) is 1. The molecule has 0 heterocycles. The summed E-state index contributed by atoms with van der Waals surface area (Å²) in [6.07, 6.45) is 8.22. The third-order valence-electron chi connectivity index (χ3n) is 4.00. The lowest BCUT2D eigenvalue weighted by Crippen LogP contribution is -2.20. The van der Waals surface area contributed by atoms with Crippen molar-refractivity contribution in [1.29, 1.82) is 0 Å². The van der Waals surface area contributed by atoms with Crippen LogP contribution in [-0.4, -0.2) is 20.6 Å². The van der Waals surface area contributed by atoms with Crippen molar-refractivity contribution < 1.29 is 0 Å². The van der Waals surface area contributed by atoms with Gasteiger partial charge in [-0.05, 0) is 74.8 Å². The van der Waals surface area contributed by atoms with Crippen molar-refractivity contribution in [1.82, 2.24) is 0 Å². The molecule has 1 aromatic carbocycles. The van der Waals surface area contributed by atoms with Crippen LogP contribution < -0.4 is 10.6 Å². The van der Waals surface area contributed by atoms with Gasteiger partial charge in [0, 0.05) is 19.3 Å². The Morgan fingerprint density at radius 2 is 1.78 bits per heavy atom. The van der Waals surface area contributed by atoms with Crippen LogP contribution in [0, 0.1) is 5.92 Å². The summed E-state index contributed by atoms with van der Waals surface area (Å²) in [4.78, 5) is 2.44. The van der Waals surface area contributed by atoms with Gasteiger partial charge in [-0.15, -0.1) is 0 Å². The molecule has 3 rings (SSSR count). The second-order valence-corrected chi connectivity index (χ2v) is 5.48. The fourth-order valence-corrected chi connectivity index (χ4v) is 2.75. The van der Waals surface area contributed by atoms with Crippen LogP contribution in [0.2, 0.25) is 0 Å². The first-order valence-corrected chi connectivity index (χ1v) is 7.23. The molecule has 2 N–H and O–H groups in total. The highest BCUT2D eigenvalue weighted by atomic mass is 15.1. The topological polar surface area (TPSA) is 29.3 Å². The number of hydrogen-bond acceptors (Lipinski definition) is 2. The molecule has 2 heteroatoms. The molecule has 1 aromatic rings. The van der Waals surface area contributed by atoms with Crippen LogP contribution in [0.3, 0.4) is 0 Å². The molecular weight excluding hydrogens is 220 g/mol. The van der Waals surface area contributed by atoms with Gasteiger partial charge < -0.3 is 10.6 Å². The molecule has 0 aromatic heterocycles. The number of nitrogens with two attached hydrogens (primary N) is 1. The fraction of sp³-hybridized carbons (Fsp3) is 0.625. The van der Waals surface area contributed by atoms with Crippen molar-refractivity contribution in [3.63, 3.8) is 0 Å². The van der Waals surface area contributed by atoms with E-state index in [1.165, 1.54) is 57.8 Å². The zero-order valence-electron chi connectivity index (χ0n) is 11.8. The molecule has 1 saturated carbocycles. The molecule has 0 atom stereocenters. The largest absolute Gasteiger partial charge is 0.374 e. The van der Waals surface area contributed by atoms with E-state index in [9.17, 15) is 0 Å². The van der Waals surface area contributed by atoms with Crippen molar-refractivity contribution in [2.24, 2.45) is 11.7 Å². The Kier molecular flexibility index (Phi) is 4.65. The molecule has 0 radical (unpaired) electrons. The molecule has 0 aliphatic heterocycles. The Balaban J connectivity index is 0.000000574. The van der Waals surface area contributed by atoms with E-state index in [-0.39, 0.29) is 0 Å². The highest BCUT2D eigenvalue weighted by molar-refractivity contribution is 5.51. The van der Waals surface area contributed by atoms with E-state index in [2.05, 4.69) is 35.9 Å². The molecular formula is C16H26N2. The fourth-order valence-electron chi connectivity index (χ4n) is 2.75. The van der Waals surface area contributed by atoms with Gasteiger partial charge in [-0.2, -0.15) is 0 Å². The van der Waals surface area contributed by atoms with Gasteiger partial charge >= 0.3 is 0 Å². The molecule has 2 nitrogen and oxygen atoms in total. The lowest BCUT2D eigenvalue weighted by atomic mass is 9.91. The summed E-state index contributed by atoms with van der Waals surface area (Å²) in [7, 11) is 3.74. The first-order valence-electron chi connectivity index (χ1n) is 7.23. The minimum atomic E-state index is 0.973. The van der Waals surface area contributed by atoms with Crippen molar-refractivity contribution in [3.05, 3.63) is 29.3 Å². The van der Waals surface area contributed by atoms with E-state index in [0.717, 1.165) is 5.92 Å². The number of benzene rings is 1. The summed E-state index contributed by atoms with van der Waals surface area (Å²) in [5, 5.41) is 0. The predicted octanol–water partition coefficient (Wildman–Crippen LogP) is 2.99. The standard InChI is InChI=1S/C15H21N.CH5N/c1-16(11-12-6-7-12)15-9-8-13-4-2-3-5-14(13)10-15;1-2/h8-10,12H,2-7,11H2,1H3;2H2,1H3. The van der Waals surface area contributed by atoms with Crippen molar-refractivity contribution in [2.45, 2.75) is 38.5 Å². The average Bonchev–Trinajstić information content (AvgIpc) is 3.24. The Morgan fingerprint density at radius 1 is 1.11 bits per heavy atom. The lowest BCUT2D eigenvalue weighted by molar-refractivity contribution is 0.684. The van der Waals surface area contributed by atoms with Gasteiger partial charge in [-0.1, -0.05) is 6.07 Å². The summed E-state index contributed by atoms with van der Waals surface area (Å²) in [5.74, 6) is 0.973. The SMILES string of the molecule is CN.CN(CC1CC1)c1ccc2c(c1)CCCC2. The van der Waals surface area contributed by atoms with Gasteiger partial charge in [-0.25, -0.2) is 0 Å². The lowest BCUT2D eigenvalue weighted by Gasteiger charge is -2.23. The Bertz CT molecular complexity index is 383. The molecule has 2 aliphatic carbocycles. The maximum Gasteiger partial charge on any atom is 0.0366 e. The zero-order valence-corrected chi connectivity index (χ0v) is 11.8. The van der Waals surface area contributed by atoms with Crippen LogP contribution in [-0.2, 0) is 12.8 Å². The van der Waals surface area contributed by atoms with E-state index >= 15 is 0 Å². The summed E-state index contributed by atoms with van der Waals surface area (Å²) in [6.45, 7) is 1.25. The summed E-state index contributed by atoms with van der Waals surface area (Å²) in [5.41, 5.74) is 9.12. The van der Waals surface area contributed by atoms with Gasteiger partial charge in [-0.3, -0.25) is 0 Å². The number of anilines is 1. The number of nitrogens with zero attached hydrogens (tertiary/aromatic N) is 1. The first-order chi connectivity index (χ1) is 8.83. The van der Waals surface area contributed by atoms with Crippen LogP contribution >= 0.6 is 0 Å². The molecule has 0 saturated heterocycles. The molecule has 0 amide bonds. The maximum absolute atomic E-state index is 4.50. The first kappa shape index (κ1) is 13.4. The van der Waals surface area contributed by atoms with Crippen molar-refractivity contribution >= 4 is 5.69 Å². The van der Waals surface area contributed by atoms with E-state index in [1.807, 2.05) is 0 Å². The number of rotatable bonds is 3. The Labute approximate surface area is 111 Å². The van der Waals surface area contributed by atoms with E-state index in [0.29, 0.717) is 0 Å². The monoisotopic (exact) mass is 246 g/mol. The van der Waals surface area contributed by atoms with Crippen molar-refractivity contribution in [3.8, 4) is 0 Å². The molecule has 0 bridgehead atoms. The van der Waals surface area contributed by atoms with Crippen LogP contribution in [0.5, 0.6) is 0 Å². The molecule has 100 valence electrons. The molecule has 0 spiro atoms. The van der Waals surface area contributed by atoms with Gasteiger partial charge in [0.25, 0.3) is 0 Å². The van der Waals surface area contributed by atoms with E-state index < -0.39 is 0 Å². The molecule has 18 heavy (non-hydrogen) atoms. The molecule has 0 unspecified atom stereocenters. The third kappa shape index (κ3) is 3.26. The van der Waals surface area contributed by atoms with E-state index in [1.54, 1.807) is 11.1 Å². The zero-order chi connectivity index (χ0) is 13.0. The minimum Gasteiger partial charge on any atom is -0.374 e. The van der Waals surface area contributed by atoms with Gasteiger partial charge in [0.15, 0.2) is 0 Å². The quantitative estimate of drug-likeness (QED) is 0.888. The smallest absolute Gasteiger partial charge is 0.0366 e. The predicted molar refractivity (Wildman–Crippen MR) is 79.2 cm³/mol. The highest BCUT2D eigenvalue weighted by Gasteiger charge is 2.23. The number of fused-ring (bicyclic) bond motifs is 1. The van der Waals surface area contributed by atoms with Crippen LogP contribution in [0.4, 0.5) is 5.69 Å². The van der Waals surface area contributed by atoms with Crippen molar-refractivity contribution in [2.75, 3.05) is 25.5 Å². The highest BCUT2D eigenvalue weighted by Crippen LogP contribution is 2.32. The average molecular weight is 246 g/mol. The third-order valence-corrected chi connectivity index (χ3v) is 4.00. The molecule has 2 aliphatic rings. The summed E-state index contributed by atoms with van der Waals surface area (Å²) in [6, 6.07) is 7.09. The second-order valence-electron chi connectivity index (χ2n) is 5.48.